The summed E-state index contributed by atoms with van der Waals surface area (Å²) in [5.74, 6) is -0.521. The van der Waals surface area contributed by atoms with Gasteiger partial charge < -0.3 is 10.6 Å². The summed E-state index contributed by atoms with van der Waals surface area (Å²) < 4.78 is 14.5. The highest BCUT2D eigenvalue weighted by Crippen LogP contribution is 2.32. The molecular formula is C13H12BrFN4O. The van der Waals surface area contributed by atoms with Gasteiger partial charge in [0.15, 0.2) is 0 Å². The van der Waals surface area contributed by atoms with Crippen molar-refractivity contribution in [2.75, 3.05) is 11.4 Å². The maximum Gasteiger partial charge on any atom is 0.240 e. The number of amides is 1. The molecule has 5 nitrogen and oxygen atoms in total. The average molecular weight is 339 g/mol. The minimum Gasteiger partial charge on any atom is -0.368 e. The summed E-state index contributed by atoms with van der Waals surface area (Å²) in [6.07, 6.45) is 2.33. The number of hydrogen-bond acceptors (Lipinski definition) is 4. The summed E-state index contributed by atoms with van der Waals surface area (Å²) in [5, 5.41) is 0. The molecule has 0 radical (unpaired) electrons. The Balaban J connectivity index is 2.12. The first kappa shape index (κ1) is 13.2. The Hall–Kier alpha value is -1.76. The number of hydrogen-bond donors (Lipinski definition) is 1. The van der Waals surface area contributed by atoms with Crippen LogP contribution in [0.25, 0.3) is 11.0 Å². The van der Waals surface area contributed by atoms with Crippen LogP contribution in [-0.4, -0.2) is 34.6 Å². The number of nitrogens with zero attached hydrogens (tertiary/aromatic N) is 3. The summed E-state index contributed by atoms with van der Waals surface area (Å²) >= 11 is 3.33. The van der Waals surface area contributed by atoms with E-state index in [9.17, 15) is 9.18 Å². The Morgan fingerprint density at radius 2 is 2.30 bits per heavy atom. The molecule has 2 aromatic heterocycles. The molecule has 0 saturated carbocycles. The molecule has 1 aliphatic heterocycles. The first-order valence-electron chi connectivity index (χ1n) is 6.16. The minimum atomic E-state index is -1.06. The Kier molecular flexibility index (Phi) is 3.29. The molecule has 20 heavy (non-hydrogen) atoms. The van der Waals surface area contributed by atoms with Gasteiger partial charge in [0.2, 0.25) is 5.91 Å². The number of fused-ring (bicyclic) bond motifs is 1. The van der Waals surface area contributed by atoms with Gasteiger partial charge in [-0.2, -0.15) is 0 Å². The van der Waals surface area contributed by atoms with E-state index in [1.54, 1.807) is 23.4 Å². The molecule has 0 aliphatic carbocycles. The Morgan fingerprint density at radius 3 is 3.05 bits per heavy atom. The molecule has 0 unspecified atom stereocenters. The fourth-order valence-electron chi connectivity index (χ4n) is 2.54. The second-order valence-corrected chi connectivity index (χ2v) is 5.67. The maximum atomic E-state index is 13.6. The standard InChI is InChI=1S/C13H12BrFN4O/c14-7-3-9-12(18-5-7)10(1-2-17-9)19-6-8(15)4-11(19)13(16)20/h1-3,5,8,11H,4,6H2,(H2,16,20)/t8-,11+/m1/s1. The van der Waals surface area contributed by atoms with Gasteiger partial charge in [0, 0.05) is 23.3 Å². The summed E-state index contributed by atoms with van der Waals surface area (Å²) in [4.78, 5) is 21.7. The minimum absolute atomic E-state index is 0.121. The van der Waals surface area contributed by atoms with Crippen molar-refractivity contribution >= 4 is 38.6 Å². The van der Waals surface area contributed by atoms with E-state index < -0.39 is 18.1 Å². The Morgan fingerprint density at radius 1 is 1.50 bits per heavy atom. The highest BCUT2D eigenvalue weighted by Gasteiger charge is 2.36. The number of anilines is 1. The van der Waals surface area contributed by atoms with E-state index in [0.717, 1.165) is 4.47 Å². The summed E-state index contributed by atoms with van der Waals surface area (Å²) in [7, 11) is 0. The molecule has 2 atom stereocenters. The third-order valence-corrected chi connectivity index (χ3v) is 3.84. The molecule has 7 heteroatoms. The molecular weight excluding hydrogens is 327 g/mol. The lowest BCUT2D eigenvalue weighted by atomic mass is 10.2. The monoisotopic (exact) mass is 338 g/mol. The SMILES string of the molecule is NC(=O)[C@@H]1C[C@@H](F)CN1c1ccnc2cc(Br)cnc12. The van der Waals surface area contributed by atoms with E-state index in [4.69, 9.17) is 5.73 Å². The van der Waals surface area contributed by atoms with E-state index in [0.29, 0.717) is 16.7 Å². The zero-order valence-corrected chi connectivity index (χ0v) is 12.0. The van der Waals surface area contributed by atoms with Crippen molar-refractivity contribution in [2.24, 2.45) is 5.73 Å². The number of pyridine rings is 2. The third-order valence-electron chi connectivity index (χ3n) is 3.41. The number of carbonyl (C=O) groups is 1. The lowest BCUT2D eigenvalue weighted by Gasteiger charge is -2.24. The van der Waals surface area contributed by atoms with Crippen molar-refractivity contribution in [3.8, 4) is 0 Å². The molecule has 1 amide bonds. The Labute approximate surface area is 123 Å². The van der Waals surface area contributed by atoms with E-state index >= 15 is 0 Å². The van der Waals surface area contributed by atoms with Crippen LogP contribution in [0.1, 0.15) is 6.42 Å². The topological polar surface area (TPSA) is 72.1 Å². The number of aromatic nitrogens is 2. The van der Waals surface area contributed by atoms with E-state index in [2.05, 4.69) is 25.9 Å². The maximum absolute atomic E-state index is 13.6. The number of primary amides is 1. The van der Waals surface area contributed by atoms with E-state index in [-0.39, 0.29) is 13.0 Å². The van der Waals surface area contributed by atoms with Crippen LogP contribution < -0.4 is 10.6 Å². The smallest absolute Gasteiger partial charge is 0.240 e. The molecule has 0 bridgehead atoms. The van der Waals surface area contributed by atoms with Gasteiger partial charge >= 0.3 is 0 Å². The fourth-order valence-corrected chi connectivity index (χ4v) is 2.86. The third kappa shape index (κ3) is 2.22. The van der Waals surface area contributed by atoms with E-state index in [1.807, 2.05) is 6.07 Å². The van der Waals surface area contributed by atoms with Crippen molar-refractivity contribution in [1.29, 1.82) is 0 Å². The molecule has 1 saturated heterocycles. The number of carbonyl (C=O) groups excluding carboxylic acids is 1. The molecule has 0 aromatic carbocycles. The summed E-state index contributed by atoms with van der Waals surface area (Å²) in [5.41, 5.74) is 7.37. The normalized spacial score (nSPS) is 22.4. The molecule has 3 heterocycles. The molecule has 2 aromatic rings. The predicted molar refractivity (Wildman–Crippen MR) is 77.1 cm³/mol. The highest BCUT2D eigenvalue weighted by atomic mass is 79.9. The van der Waals surface area contributed by atoms with E-state index in [1.165, 1.54) is 0 Å². The second kappa shape index (κ2) is 4.97. The van der Waals surface area contributed by atoms with Crippen molar-refractivity contribution < 1.29 is 9.18 Å². The lowest BCUT2D eigenvalue weighted by Crippen LogP contribution is -2.40. The molecule has 1 aliphatic rings. The van der Waals surface area contributed by atoms with Crippen LogP contribution >= 0.6 is 15.9 Å². The predicted octanol–water partition coefficient (Wildman–Crippen LogP) is 1.79. The first-order chi connectivity index (χ1) is 9.56. The van der Waals surface area contributed by atoms with Crippen LogP contribution in [0.3, 0.4) is 0 Å². The second-order valence-electron chi connectivity index (χ2n) is 4.75. The zero-order valence-electron chi connectivity index (χ0n) is 10.5. The number of alkyl halides is 1. The van der Waals surface area contributed by atoms with Gasteiger partial charge in [-0.3, -0.25) is 14.8 Å². The van der Waals surface area contributed by atoms with Gasteiger partial charge in [-0.1, -0.05) is 0 Å². The van der Waals surface area contributed by atoms with Crippen molar-refractivity contribution in [2.45, 2.75) is 18.6 Å². The van der Waals surface area contributed by atoms with Gasteiger partial charge in [-0.25, -0.2) is 4.39 Å². The highest BCUT2D eigenvalue weighted by molar-refractivity contribution is 9.10. The number of rotatable bonds is 2. The van der Waals surface area contributed by atoms with Crippen LogP contribution in [0.4, 0.5) is 10.1 Å². The van der Waals surface area contributed by atoms with Gasteiger partial charge in [-0.05, 0) is 28.1 Å². The van der Waals surface area contributed by atoms with Crippen LogP contribution in [0.15, 0.2) is 29.0 Å². The van der Waals surface area contributed by atoms with Crippen molar-refractivity contribution in [3.05, 3.63) is 29.0 Å². The van der Waals surface area contributed by atoms with Crippen LogP contribution in [0.2, 0.25) is 0 Å². The molecule has 0 spiro atoms. The molecule has 3 rings (SSSR count). The van der Waals surface area contributed by atoms with Crippen LogP contribution in [0, 0.1) is 0 Å². The van der Waals surface area contributed by atoms with Gasteiger partial charge in [0.05, 0.1) is 17.7 Å². The number of nitrogens with two attached hydrogens (primary N) is 1. The quantitative estimate of drug-likeness (QED) is 0.906. The molecule has 1 fully saturated rings. The fraction of sp³-hybridized carbons (Fsp3) is 0.308. The molecule has 104 valence electrons. The average Bonchev–Trinajstić information content (AvgIpc) is 2.80. The van der Waals surface area contributed by atoms with Crippen LogP contribution in [0.5, 0.6) is 0 Å². The van der Waals surface area contributed by atoms with Crippen molar-refractivity contribution in [3.63, 3.8) is 0 Å². The molecule has 2 N–H and O–H groups in total. The first-order valence-corrected chi connectivity index (χ1v) is 6.96. The zero-order chi connectivity index (χ0) is 14.3. The Bertz CT molecular complexity index is 680. The van der Waals surface area contributed by atoms with Gasteiger partial charge in [0.25, 0.3) is 0 Å². The lowest BCUT2D eigenvalue weighted by molar-refractivity contribution is -0.119. The largest absolute Gasteiger partial charge is 0.368 e. The summed E-state index contributed by atoms with van der Waals surface area (Å²) in [6.45, 7) is 0.143. The number of halogens is 2. The van der Waals surface area contributed by atoms with Crippen LogP contribution in [-0.2, 0) is 4.79 Å². The van der Waals surface area contributed by atoms with Crippen molar-refractivity contribution in [1.82, 2.24) is 9.97 Å². The van der Waals surface area contributed by atoms with Gasteiger partial charge in [-0.15, -0.1) is 0 Å². The summed E-state index contributed by atoms with van der Waals surface area (Å²) in [6, 6.07) is 2.92. The van der Waals surface area contributed by atoms with Gasteiger partial charge in [0.1, 0.15) is 17.7 Å².